The van der Waals surface area contributed by atoms with Gasteiger partial charge in [-0.05, 0) is 12.1 Å². The second-order valence-corrected chi connectivity index (χ2v) is 6.02. The lowest BCUT2D eigenvalue weighted by atomic mass is 10.2. The Hall–Kier alpha value is -0.610. The number of rotatable bonds is 4. The molecule has 14 heavy (non-hydrogen) atoms. The van der Waals surface area contributed by atoms with Crippen LogP contribution in [0.25, 0.3) is 0 Å². The van der Waals surface area contributed by atoms with Crippen LogP contribution in [0.2, 0.25) is 0 Å². The van der Waals surface area contributed by atoms with E-state index in [1.54, 1.807) is 6.20 Å². The quantitative estimate of drug-likeness (QED) is 0.736. The zero-order valence-corrected chi connectivity index (χ0v) is 9.42. The first kappa shape index (κ1) is 11.5. The number of alkyl halides is 1. The normalized spacial score (nSPS) is 13.9. The molecule has 1 aromatic rings. The van der Waals surface area contributed by atoms with Crippen molar-refractivity contribution in [3.05, 3.63) is 30.1 Å². The highest BCUT2D eigenvalue weighted by Gasteiger charge is 2.13. The van der Waals surface area contributed by atoms with Gasteiger partial charge < -0.3 is 0 Å². The van der Waals surface area contributed by atoms with Gasteiger partial charge in [0.2, 0.25) is 0 Å². The molecule has 0 saturated heterocycles. The van der Waals surface area contributed by atoms with Crippen LogP contribution < -0.4 is 0 Å². The summed E-state index contributed by atoms with van der Waals surface area (Å²) in [5.74, 6) is -0.00880. The summed E-state index contributed by atoms with van der Waals surface area (Å²) in [6.45, 7) is 0. The van der Waals surface area contributed by atoms with Crippen molar-refractivity contribution in [1.29, 1.82) is 0 Å². The highest BCUT2D eigenvalue weighted by molar-refractivity contribution is 7.90. The largest absolute Gasteiger partial charge is 0.261 e. The molecule has 3 nitrogen and oxygen atoms in total. The van der Waals surface area contributed by atoms with Crippen LogP contribution in [-0.2, 0) is 16.3 Å². The van der Waals surface area contributed by atoms with Crippen molar-refractivity contribution in [3.8, 4) is 0 Å². The van der Waals surface area contributed by atoms with Crippen LogP contribution in [0.4, 0.5) is 0 Å². The number of hydrogen-bond acceptors (Lipinski definition) is 3. The third-order valence-electron chi connectivity index (χ3n) is 1.64. The zero-order chi connectivity index (χ0) is 10.6. The van der Waals surface area contributed by atoms with Crippen LogP contribution in [-0.4, -0.2) is 30.8 Å². The van der Waals surface area contributed by atoms with Crippen LogP contribution in [0.1, 0.15) is 5.69 Å². The summed E-state index contributed by atoms with van der Waals surface area (Å²) < 4.78 is 21.9. The minimum absolute atomic E-state index is 0.00880. The monoisotopic (exact) mass is 233 g/mol. The minimum Gasteiger partial charge on any atom is -0.261 e. The maximum atomic E-state index is 10.9. The lowest BCUT2D eigenvalue weighted by Crippen LogP contribution is -2.17. The summed E-state index contributed by atoms with van der Waals surface area (Å²) in [7, 11) is -3.00. The van der Waals surface area contributed by atoms with E-state index in [2.05, 4.69) is 4.98 Å². The zero-order valence-electron chi connectivity index (χ0n) is 7.85. The fraction of sp³-hybridized carbons (Fsp3) is 0.444. The summed E-state index contributed by atoms with van der Waals surface area (Å²) in [6, 6.07) is 5.49. The molecule has 5 heteroatoms. The number of pyridine rings is 1. The molecule has 0 fully saturated rings. The van der Waals surface area contributed by atoms with Crippen LogP contribution >= 0.6 is 11.6 Å². The molecule has 1 rings (SSSR count). The van der Waals surface area contributed by atoms with Crippen LogP contribution in [0.15, 0.2) is 24.4 Å². The van der Waals surface area contributed by atoms with E-state index in [-0.39, 0.29) is 5.75 Å². The number of nitrogens with zero attached hydrogens (tertiary/aromatic N) is 1. The fourth-order valence-electron chi connectivity index (χ4n) is 1.13. The van der Waals surface area contributed by atoms with Crippen molar-refractivity contribution < 1.29 is 8.42 Å². The number of sulfone groups is 1. The van der Waals surface area contributed by atoms with Gasteiger partial charge in [-0.15, -0.1) is 11.6 Å². The summed E-state index contributed by atoms with van der Waals surface area (Å²) in [6.07, 6.45) is 3.33. The molecule has 0 aliphatic heterocycles. The van der Waals surface area contributed by atoms with Gasteiger partial charge in [0.15, 0.2) is 0 Å². The van der Waals surface area contributed by atoms with Gasteiger partial charge in [0.05, 0.1) is 11.1 Å². The fourth-order valence-corrected chi connectivity index (χ4v) is 2.75. The average molecular weight is 234 g/mol. The van der Waals surface area contributed by atoms with E-state index in [4.69, 9.17) is 11.6 Å². The first-order valence-electron chi connectivity index (χ1n) is 4.19. The van der Waals surface area contributed by atoms with E-state index in [1.165, 1.54) is 6.26 Å². The molecular formula is C9H12ClNO2S. The molecule has 0 spiro atoms. The molecule has 0 aliphatic carbocycles. The van der Waals surface area contributed by atoms with E-state index in [0.717, 1.165) is 5.69 Å². The van der Waals surface area contributed by atoms with Crippen LogP contribution in [0.5, 0.6) is 0 Å². The van der Waals surface area contributed by atoms with E-state index in [1.807, 2.05) is 18.2 Å². The van der Waals surface area contributed by atoms with Gasteiger partial charge in [0, 0.05) is 24.6 Å². The van der Waals surface area contributed by atoms with Crippen LogP contribution in [0, 0.1) is 0 Å². The molecule has 0 aromatic carbocycles. The van der Waals surface area contributed by atoms with Gasteiger partial charge >= 0.3 is 0 Å². The molecule has 78 valence electrons. The maximum absolute atomic E-state index is 10.9. The Morgan fingerprint density at radius 2 is 2.21 bits per heavy atom. The highest BCUT2D eigenvalue weighted by Crippen LogP contribution is 2.07. The first-order chi connectivity index (χ1) is 6.47. The Morgan fingerprint density at radius 1 is 1.50 bits per heavy atom. The molecule has 1 heterocycles. The SMILES string of the molecule is CS(=O)(=O)CC(Cl)Cc1ccccn1. The first-order valence-corrected chi connectivity index (χ1v) is 6.69. The topological polar surface area (TPSA) is 47.0 Å². The molecule has 1 unspecified atom stereocenters. The Kier molecular flexibility index (Phi) is 3.89. The predicted octanol–water partition coefficient (Wildman–Crippen LogP) is 1.28. The summed E-state index contributed by atoms with van der Waals surface area (Å²) >= 11 is 5.88. The second-order valence-electron chi connectivity index (χ2n) is 3.21. The molecule has 0 aliphatic rings. The number of aromatic nitrogens is 1. The summed E-state index contributed by atoms with van der Waals surface area (Å²) in [4.78, 5) is 4.07. The molecular weight excluding hydrogens is 222 g/mol. The molecule has 1 aromatic heterocycles. The van der Waals surface area contributed by atoms with Crippen molar-refractivity contribution in [1.82, 2.24) is 4.98 Å². The van der Waals surface area contributed by atoms with Gasteiger partial charge in [-0.3, -0.25) is 4.98 Å². The third-order valence-corrected chi connectivity index (χ3v) is 3.14. The Balaban J connectivity index is 2.54. The molecule has 0 amide bonds. The van der Waals surface area contributed by atoms with E-state index >= 15 is 0 Å². The van der Waals surface area contributed by atoms with Crippen molar-refractivity contribution in [2.24, 2.45) is 0 Å². The maximum Gasteiger partial charge on any atom is 0.148 e. The van der Waals surface area contributed by atoms with Gasteiger partial charge in [0.25, 0.3) is 0 Å². The standard InChI is InChI=1S/C9H12ClNO2S/c1-14(12,13)7-8(10)6-9-4-2-3-5-11-9/h2-5,8H,6-7H2,1H3. The van der Waals surface area contributed by atoms with Crippen molar-refractivity contribution in [2.45, 2.75) is 11.8 Å². The average Bonchev–Trinajstić information content (AvgIpc) is 2.02. The van der Waals surface area contributed by atoms with E-state index in [9.17, 15) is 8.42 Å². The number of halogens is 1. The predicted molar refractivity (Wildman–Crippen MR) is 57.3 cm³/mol. The summed E-state index contributed by atoms with van der Waals surface area (Å²) in [5.41, 5.74) is 0.816. The molecule has 1 atom stereocenters. The van der Waals surface area contributed by atoms with Gasteiger partial charge in [-0.2, -0.15) is 0 Å². The Labute approximate surface area is 89.0 Å². The minimum atomic E-state index is -3.00. The van der Waals surface area contributed by atoms with Crippen LogP contribution in [0.3, 0.4) is 0 Å². The van der Waals surface area contributed by atoms with Gasteiger partial charge in [-0.1, -0.05) is 6.07 Å². The van der Waals surface area contributed by atoms with Gasteiger partial charge in [-0.25, -0.2) is 8.42 Å². The molecule has 0 N–H and O–H groups in total. The highest BCUT2D eigenvalue weighted by atomic mass is 35.5. The number of hydrogen-bond donors (Lipinski definition) is 0. The Bertz CT molecular complexity index is 377. The van der Waals surface area contributed by atoms with E-state index in [0.29, 0.717) is 6.42 Å². The van der Waals surface area contributed by atoms with Crippen molar-refractivity contribution in [2.75, 3.05) is 12.0 Å². The molecule has 0 radical (unpaired) electrons. The third kappa shape index (κ3) is 4.58. The van der Waals surface area contributed by atoms with E-state index < -0.39 is 15.2 Å². The molecule has 0 bridgehead atoms. The lowest BCUT2D eigenvalue weighted by Gasteiger charge is -2.06. The molecule has 0 saturated carbocycles. The van der Waals surface area contributed by atoms with Gasteiger partial charge in [0.1, 0.15) is 9.84 Å². The van der Waals surface area contributed by atoms with Crippen molar-refractivity contribution >= 4 is 21.4 Å². The smallest absolute Gasteiger partial charge is 0.148 e. The van der Waals surface area contributed by atoms with Crippen molar-refractivity contribution in [3.63, 3.8) is 0 Å². The summed E-state index contributed by atoms with van der Waals surface area (Å²) in [5, 5.41) is -0.403. The Morgan fingerprint density at radius 3 is 2.71 bits per heavy atom. The lowest BCUT2D eigenvalue weighted by molar-refractivity contribution is 0.599. The second kappa shape index (κ2) is 4.75.